The first-order valence-corrected chi connectivity index (χ1v) is 9.00. The standard InChI is InChI=1S/C20H28O4/c1-12-5-6-14-7-8-16-17(19(14,3)4)20(23,24-18(16)22)11-13(2)10-15(21)9-12/h5,13-14,23H,6-11H2,1-4H3/b12-5-/t13-,14+,20+/m0/s1. The summed E-state index contributed by atoms with van der Waals surface area (Å²) >= 11 is 0. The molecule has 2 bridgehead atoms. The van der Waals surface area contributed by atoms with Crippen LogP contribution in [-0.2, 0) is 14.3 Å². The first-order valence-electron chi connectivity index (χ1n) is 9.00. The number of carbonyl (C=O) groups excluding carboxylic acids is 2. The molecule has 4 nitrogen and oxygen atoms in total. The Morgan fingerprint density at radius 2 is 2.00 bits per heavy atom. The van der Waals surface area contributed by atoms with Crippen LogP contribution in [0.4, 0.5) is 0 Å². The van der Waals surface area contributed by atoms with Crippen molar-refractivity contribution in [2.75, 3.05) is 0 Å². The number of allylic oxidation sites excluding steroid dienone is 2. The fourth-order valence-electron chi connectivity index (χ4n) is 4.89. The number of esters is 1. The average Bonchev–Trinajstić information content (AvgIpc) is 2.67. The second-order valence-electron chi connectivity index (χ2n) is 8.50. The van der Waals surface area contributed by atoms with Crippen LogP contribution < -0.4 is 0 Å². The maximum atomic E-state index is 12.3. The van der Waals surface area contributed by atoms with Crippen molar-refractivity contribution in [3.05, 3.63) is 22.8 Å². The molecule has 0 aromatic heterocycles. The first-order chi connectivity index (χ1) is 11.1. The van der Waals surface area contributed by atoms with Gasteiger partial charge in [-0.05, 0) is 43.4 Å². The van der Waals surface area contributed by atoms with Gasteiger partial charge in [0.2, 0.25) is 5.79 Å². The molecule has 0 saturated carbocycles. The SMILES string of the molecule is C/C1=C/C[C@@H]2CCC3=C(C2(C)C)[C@@](O)(C[C@@H](C)CC(=O)C1)OC3=O. The van der Waals surface area contributed by atoms with E-state index in [0.29, 0.717) is 37.2 Å². The molecule has 0 fully saturated rings. The summed E-state index contributed by atoms with van der Waals surface area (Å²) in [5.41, 5.74) is 2.25. The number of ketones is 1. The largest absolute Gasteiger partial charge is 0.426 e. The molecular weight excluding hydrogens is 304 g/mol. The van der Waals surface area contributed by atoms with Crippen LogP contribution in [-0.4, -0.2) is 22.6 Å². The molecule has 3 aliphatic rings. The molecule has 3 atom stereocenters. The van der Waals surface area contributed by atoms with Crippen LogP contribution in [0.25, 0.3) is 0 Å². The molecule has 0 aromatic rings. The van der Waals surface area contributed by atoms with E-state index in [1.165, 1.54) is 0 Å². The lowest BCUT2D eigenvalue weighted by Crippen LogP contribution is -2.43. The lowest BCUT2D eigenvalue weighted by molar-refractivity contribution is -0.190. The normalized spacial score (nSPS) is 38.8. The zero-order valence-corrected chi connectivity index (χ0v) is 15.1. The van der Waals surface area contributed by atoms with Gasteiger partial charge in [-0.2, -0.15) is 0 Å². The van der Waals surface area contributed by atoms with E-state index in [2.05, 4.69) is 19.9 Å². The maximum absolute atomic E-state index is 12.3. The van der Waals surface area contributed by atoms with Gasteiger partial charge in [0.15, 0.2) is 0 Å². The van der Waals surface area contributed by atoms with E-state index in [4.69, 9.17) is 4.74 Å². The van der Waals surface area contributed by atoms with E-state index in [9.17, 15) is 14.7 Å². The third-order valence-electron chi connectivity index (χ3n) is 6.04. The highest BCUT2D eigenvalue weighted by Gasteiger charge is 2.56. The molecular formula is C20H28O4. The predicted molar refractivity (Wildman–Crippen MR) is 91.0 cm³/mol. The second-order valence-corrected chi connectivity index (χ2v) is 8.50. The molecule has 0 amide bonds. The summed E-state index contributed by atoms with van der Waals surface area (Å²) in [4.78, 5) is 24.6. The molecule has 1 heterocycles. The summed E-state index contributed by atoms with van der Waals surface area (Å²) < 4.78 is 5.47. The maximum Gasteiger partial charge on any atom is 0.336 e. The van der Waals surface area contributed by atoms with Gasteiger partial charge in [-0.3, -0.25) is 4.79 Å². The van der Waals surface area contributed by atoms with Gasteiger partial charge in [-0.1, -0.05) is 32.4 Å². The molecule has 24 heavy (non-hydrogen) atoms. The number of fused-ring (bicyclic) bond motifs is 1. The molecule has 2 aliphatic carbocycles. The Bertz CT molecular complexity index is 640. The number of rotatable bonds is 0. The highest BCUT2D eigenvalue weighted by molar-refractivity contribution is 5.93. The predicted octanol–water partition coefficient (Wildman–Crippen LogP) is 3.69. The first kappa shape index (κ1) is 17.4. The average molecular weight is 332 g/mol. The van der Waals surface area contributed by atoms with Crippen molar-refractivity contribution in [2.45, 2.75) is 72.0 Å². The molecule has 3 rings (SSSR count). The molecule has 0 unspecified atom stereocenters. The van der Waals surface area contributed by atoms with Crippen LogP contribution in [0, 0.1) is 17.3 Å². The van der Waals surface area contributed by atoms with Crippen LogP contribution in [0.5, 0.6) is 0 Å². The third kappa shape index (κ3) is 2.85. The fraction of sp³-hybridized carbons (Fsp3) is 0.700. The zero-order chi connectivity index (χ0) is 17.7. The summed E-state index contributed by atoms with van der Waals surface area (Å²) in [5, 5.41) is 11.2. The number of carbonyl (C=O) groups is 2. The Morgan fingerprint density at radius 1 is 1.29 bits per heavy atom. The van der Waals surface area contributed by atoms with Gasteiger partial charge >= 0.3 is 5.97 Å². The summed E-state index contributed by atoms with van der Waals surface area (Å²) in [6.07, 6.45) is 5.78. The van der Waals surface area contributed by atoms with Gasteiger partial charge in [-0.15, -0.1) is 0 Å². The highest BCUT2D eigenvalue weighted by Crippen LogP contribution is 2.55. The van der Waals surface area contributed by atoms with Crippen molar-refractivity contribution in [2.24, 2.45) is 17.3 Å². The van der Waals surface area contributed by atoms with Crippen LogP contribution in [0.3, 0.4) is 0 Å². The Morgan fingerprint density at radius 3 is 2.71 bits per heavy atom. The minimum Gasteiger partial charge on any atom is -0.426 e. The molecule has 0 aromatic carbocycles. The Hall–Kier alpha value is -1.42. The topological polar surface area (TPSA) is 63.6 Å². The van der Waals surface area contributed by atoms with Crippen molar-refractivity contribution >= 4 is 11.8 Å². The van der Waals surface area contributed by atoms with Gasteiger partial charge in [0.25, 0.3) is 0 Å². The number of ether oxygens (including phenoxy) is 1. The Labute approximate surface area is 144 Å². The quantitative estimate of drug-likeness (QED) is 0.543. The van der Waals surface area contributed by atoms with Crippen LogP contribution in [0.1, 0.15) is 66.2 Å². The van der Waals surface area contributed by atoms with Crippen molar-refractivity contribution in [3.8, 4) is 0 Å². The molecule has 0 radical (unpaired) electrons. The lowest BCUT2D eigenvalue weighted by Gasteiger charge is -2.43. The van der Waals surface area contributed by atoms with E-state index in [-0.39, 0.29) is 23.1 Å². The molecule has 1 aliphatic heterocycles. The highest BCUT2D eigenvalue weighted by atomic mass is 16.7. The number of hydrogen-bond donors (Lipinski definition) is 1. The number of aliphatic hydroxyl groups is 1. The third-order valence-corrected chi connectivity index (χ3v) is 6.04. The summed E-state index contributed by atoms with van der Waals surface area (Å²) in [6, 6.07) is 0. The van der Waals surface area contributed by atoms with Crippen LogP contribution in [0.2, 0.25) is 0 Å². The van der Waals surface area contributed by atoms with Crippen LogP contribution in [0.15, 0.2) is 22.8 Å². The van der Waals surface area contributed by atoms with E-state index in [1.807, 2.05) is 13.8 Å². The van der Waals surface area contributed by atoms with E-state index >= 15 is 0 Å². The fourth-order valence-corrected chi connectivity index (χ4v) is 4.89. The number of Topliss-reactive ketones (excluding diaryl/α,β-unsaturated/α-hetero) is 1. The Kier molecular flexibility index (Phi) is 4.23. The number of hydrogen-bond acceptors (Lipinski definition) is 4. The minimum atomic E-state index is -1.55. The second kappa shape index (κ2) is 5.83. The van der Waals surface area contributed by atoms with Crippen molar-refractivity contribution < 1.29 is 19.4 Å². The summed E-state index contributed by atoms with van der Waals surface area (Å²) in [7, 11) is 0. The summed E-state index contributed by atoms with van der Waals surface area (Å²) in [5.74, 6) is -1.45. The van der Waals surface area contributed by atoms with E-state index in [1.54, 1.807) is 0 Å². The minimum absolute atomic E-state index is 0.0365. The molecule has 132 valence electrons. The van der Waals surface area contributed by atoms with E-state index < -0.39 is 5.79 Å². The molecule has 0 spiro atoms. The zero-order valence-electron chi connectivity index (χ0n) is 15.1. The van der Waals surface area contributed by atoms with Gasteiger partial charge in [-0.25, -0.2) is 4.79 Å². The van der Waals surface area contributed by atoms with Gasteiger partial charge < -0.3 is 9.84 Å². The summed E-state index contributed by atoms with van der Waals surface area (Å²) in [6.45, 7) is 8.20. The van der Waals surface area contributed by atoms with E-state index in [0.717, 1.165) is 24.0 Å². The smallest absolute Gasteiger partial charge is 0.336 e. The molecule has 1 N–H and O–H groups in total. The van der Waals surface area contributed by atoms with Crippen molar-refractivity contribution in [3.63, 3.8) is 0 Å². The molecule has 0 saturated heterocycles. The Balaban J connectivity index is 2.08. The van der Waals surface area contributed by atoms with Gasteiger partial charge in [0.05, 0.1) is 0 Å². The monoisotopic (exact) mass is 332 g/mol. The van der Waals surface area contributed by atoms with Crippen molar-refractivity contribution in [1.29, 1.82) is 0 Å². The van der Waals surface area contributed by atoms with Crippen LogP contribution >= 0.6 is 0 Å². The lowest BCUT2D eigenvalue weighted by atomic mass is 9.61. The van der Waals surface area contributed by atoms with Gasteiger partial charge in [0.1, 0.15) is 5.78 Å². The molecule has 4 heteroatoms. The van der Waals surface area contributed by atoms with Crippen molar-refractivity contribution in [1.82, 2.24) is 0 Å². The van der Waals surface area contributed by atoms with Gasteiger partial charge in [0, 0.05) is 30.4 Å².